The standard InChI is InChI=1S/C39H24N4/c1-39(2)32-17-10-16-29-27-14-8-9-18-33(27)43(36(29)32)38-35(39)34-28-15-7-6-13-26(28)30-19-23(21-40)24(22-41)20-31(30)37(34)42(38)25-11-4-3-5-12-25/h3-20H,1-2H3. The molecule has 4 heteroatoms. The number of hydrogen-bond acceptors (Lipinski definition) is 2. The minimum Gasteiger partial charge on any atom is -0.295 e. The van der Waals surface area contributed by atoms with Crippen LogP contribution >= 0.6 is 0 Å². The molecule has 0 bridgehead atoms. The molecule has 3 heterocycles. The molecule has 0 saturated heterocycles. The van der Waals surface area contributed by atoms with Crippen molar-refractivity contribution >= 4 is 54.3 Å². The fourth-order valence-corrected chi connectivity index (χ4v) is 7.73. The lowest BCUT2D eigenvalue weighted by molar-refractivity contribution is 0.632. The summed E-state index contributed by atoms with van der Waals surface area (Å²) in [5.41, 5.74) is 7.51. The van der Waals surface area contributed by atoms with Crippen molar-refractivity contribution in [2.45, 2.75) is 19.3 Å². The summed E-state index contributed by atoms with van der Waals surface area (Å²) >= 11 is 0. The van der Waals surface area contributed by atoms with Crippen LogP contribution in [0.3, 0.4) is 0 Å². The zero-order valence-corrected chi connectivity index (χ0v) is 23.7. The Labute approximate surface area is 247 Å². The van der Waals surface area contributed by atoms with Gasteiger partial charge in [-0.1, -0.05) is 92.7 Å². The van der Waals surface area contributed by atoms with Crippen LogP contribution in [0.25, 0.3) is 65.8 Å². The average Bonchev–Trinajstić information content (AvgIpc) is 3.58. The van der Waals surface area contributed by atoms with Gasteiger partial charge < -0.3 is 0 Å². The number of benzene rings is 6. The highest BCUT2D eigenvalue weighted by Crippen LogP contribution is 2.54. The first-order chi connectivity index (χ1) is 21.0. The van der Waals surface area contributed by atoms with E-state index < -0.39 is 0 Å². The SMILES string of the molecule is CC1(C)c2c(n(-c3ccccc3)c3c4cc(C#N)c(C#N)cc4c4ccccc4c23)-n2c3ccccc3c3cccc1c32. The van der Waals surface area contributed by atoms with Crippen LogP contribution in [0.5, 0.6) is 0 Å². The Morgan fingerprint density at radius 2 is 1.19 bits per heavy atom. The van der Waals surface area contributed by atoms with Crippen molar-refractivity contribution in [3.8, 4) is 23.6 Å². The smallest absolute Gasteiger partial charge is 0.127 e. The molecular weight excluding hydrogens is 524 g/mol. The van der Waals surface area contributed by atoms with E-state index in [0.717, 1.165) is 38.6 Å². The quantitative estimate of drug-likeness (QED) is 0.192. The highest BCUT2D eigenvalue weighted by molar-refractivity contribution is 6.28. The minimum absolute atomic E-state index is 0.335. The summed E-state index contributed by atoms with van der Waals surface area (Å²) in [7, 11) is 0. The monoisotopic (exact) mass is 548 g/mol. The summed E-state index contributed by atoms with van der Waals surface area (Å²) in [6, 6.07) is 42.8. The van der Waals surface area contributed by atoms with E-state index in [4.69, 9.17) is 0 Å². The van der Waals surface area contributed by atoms with E-state index in [-0.39, 0.29) is 5.41 Å². The van der Waals surface area contributed by atoms with E-state index in [9.17, 15) is 10.5 Å². The average molecular weight is 549 g/mol. The first kappa shape index (κ1) is 23.8. The summed E-state index contributed by atoms with van der Waals surface area (Å²) in [6.07, 6.45) is 0. The zero-order valence-electron chi connectivity index (χ0n) is 23.7. The first-order valence-electron chi connectivity index (χ1n) is 14.5. The van der Waals surface area contributed by atoms with E-state index in [1.165, 1.54) is 38.3 Å². The molecule has 0 saturated carbocycles. The largest absolute Gasteiger partial charge is 0.295 e. The first-order valence-corrected chi connectivity index (χ1v) is 14.5. The Morgan fingerprint density at radius 3 is 1.93 bits per heavy atom. The number of hydrogen-bond donors (Lipinski definition) is 0. The van der Waals surface area contributed by atoms with Crippen LogP contribution in [0.15, 0.2) is 109 Å². The molecular formula is C39H24N4. The Morgan fingerprint density at radius 1 is 0.558 bits per heavy atom. The van der Waals surface area contributed by atoms with Crippen LogP contribution in [0.1, 0.15) is 36.1 Å². The van der Waals surface area contributed by atoms with Gasteiger partial charge in [0.25, 0.3) is 0 Å². The molecule has 0 atom stereocenters. The zero-order chi connectivity index (χ0) is 29.0. The normalized spacial score (nSPS) is 13.5. The van der Waals surface area contributed by atoms with Gasteiger partial charge in [-0.3, -0.25) is 9.13 Å². The maximum absolute atomic E-state index is 10.1. The lowest BCUT2D eigenvalue weighted by Gasteiger charge is -2.33. The topological polar surface area (TPSA) is 57.4 Å². The Bertz CT molecular complexity index is 2600. The predicted molar refractivity (Wildman–Crippen MR) is 174 cm³/mol. The summed E-state index contributed by atoms with van der Waals surface area (Å²) in [5, 5.41) is 27.9. The number of aromatic nitrogens is 2. The molecule has 2 aromatic heterocycles. The number of nitrogens with zero attached hydrogens (tertiary/aromatic N) is 4. The molecule has 0 aliphatic carbocycles. The van der Waals surface area contributed by atoms with Crippen molar-refractivity contribution in [1.29, 1.82) is 10.5 Å². The summed E-state index contributed by atoms with van der Waals surface area (Å²) in [5.74, 6) is 1.12. The Kier molecular flexibility index (Phi) is 4.50. The number of rotatable bonds is 1. The Balaban J connectivity index is 1.67. The van der Waals surface area contributed by atoms with Gasteiger partial charge in [0.2, 0.25) is 0 Å². The highest BCUT2D eigenvalue weighted by atomic mass is 15.2. The molecule has 4 nitrogen and oxygen atoms in total. The van der Waals surface area contributed by atoms with Gasteiger partial charge in [0, 0.05) is 38.2 Å². The van der Waals surface area contributed by atoms with E-state index in [0.29, 0.717) is 11.1 Å². The number of nitriles is 2. The third-order valence-electron chi connectivity index (χ3n) is 9.51. The molecule has 200 valence electrons. The van der Waals surface area contributed by atoms with E-state index in [1.54, 1.807) is 0 Å². The van der Waals surface area contributed by atoms with Gasteiger partial charge in [-0.05, 0) is 52.1 Å². The van der Waals surface area contributed by atoms with Gasteiger partial charge in [-0.25, -0.2) is 0 Å². The third kappa shape index (κ3) is 2.83. The van der Waals surface area contributed by atoms with Crippen LogP contribution in [-0.4, -0.2) is 9.13 Å². The lowest BCUT2D eigenvalue weighted by Crippen LogP contribution is -2.26. The fourth-order valence-electron chi connectivity index (χ4n) is 7.73. The van der Waals surface area contributed by atoms with Gasteiger partial charge in [-0.2, -0.15) is 10.5 Å². The molecule has 0 fully saturated rings. The molecule has 0 unspecified atom stereocenters. The fraction of sp³-hybridized carbons (Fsp3) is 0.0769. The summed E-state index contributed by atoms with van der Waals surface area (Å²) in [4.78, 5) is 0. The number of fused-ring (bicyclic) bond motifs is 12. The molecule has 0 N–H and O–H groups in total. The summed E-state index contributed by atoms with van der Waals surface area (Å²) in [6.45, 7) is 4.68. The van der Waals surface area contributed by atoms with Crippen molar-refractivity contribution in [3.63, 3.8) is 0 Å². The van der Waals surface area contributed by atoms with Gasteiger partial charge >= 0.3 is 0 Å². The maximum Gasteiger partial charge on any atom is 0.127 e. The molecule has 43 heavy (non-hydrogen) atoms. The van der Waals surface area contributed by atoms with Crippen molar-refractivity contribution in [1.82, 2.24) is 9.13 Å². The second kappa shape index (κ2) is 8.13. The van der Waals surface area contributed by atoms with Gasteiger partial charge in [0.05, 0.1) is 27.7 Å². The van der Waals surface area contributed by atoms with E-state index >= 15 is 0 Å². The number of para-hydroxylation sites is 3. The summed E-state index contributed by atoms with van der Waals surface area (Å²) < 4.78 is 4.86. The molecule has 1 aliphatic heterocycles. The second-order valence-electron chi connectivity index (χ2n) is 12.0. The van der Waals surface area contributed by atoms with Crippen LogP contribution in [0.2, 0.25) is 0 Å². The Hall–Kier alpha value is -5.84. The van der Waals surface area contributed by atoms with E-state index in [1.807, 2.05) is 18.2 Å². The second-order valence-corrected chi connectivity index (χ2v) is 12.0. The molecule has 1 aliphatic rings. The molecule has 0 radical (unpaired) electrons. The minimum atomic E-state index is -0.335. The van der Waals surface area contributed by atoms with Gasteiger partial charge in [0.15, 0.2) is 0 Å². The molecule has 0 amide bonds. The maximum atomic E-state index is 10.1. The molecule has 9 rings (SSSR count). The van der Waals surface area contributed by atoms with Crippen molar-refractivity contribution in [3.05, 3.63) is 131 Å². The van der Waals surface area contributed by atoms with Crippen LogP contribution < -0.4 is 0 Å². The van der Waals surface area contributed by atoms with Gasteiger partial charge in [-0.15, -0.1) is 0 Å². The van der Waals surface area contributed by atoms with Crippen molar-refractivity contribution < 1.29 is 0 Å². The molecule has 0 spiro atoms. The predicted octanol–water partition coefficient (Wildman–Crippen LogP) is 9.42. The van der Waals surface area contributed by atoms with Gasteiger partial charge in [0.1, 0.15) is 18.0 Å². The molecule has 6 aromatic carbocycles. The van der Waals surface area contributed by atoms with Crippen LogP contribution in [-0.2, 0) is 5.41 Å². The molecule has 8 aromatic rings. The lowest BCUT2D eigenvalue weighted by atomic mass is 9.74. The van der Waals surface area contributed by atoms with Crippen LogP contribution in [0, 0.1) is 22.7 Å². The van der Waals surface area contributed by atoms with Crippen molar-refractivity contribution in [2.24, 2.45) is 0 Å². The third-order valence-corrected chi connectivity index (χ3v) is 9.51. The van der Waals surface area contributed by atoms with Crippen LogP contribution in [0.4, 0.5) is 0 Å². The highest BCUT2D eigenvalue weighted by Gasteiger charge is 2.41. The van der Waals surface area contributed by atoms with Crippen molar-refractivity contribution in [2.75, 3.05) is 0 Å². The van der Waals surface area contributed by atoms with E-state index in [2.05, 4.69) is 126 Å².